The molecule has 2 aromatic rings. The predicted octanol–water partition coefficient (Wildman–Crippen LogP) is 2.89. The maximum Gasteiger partial charge on any atom is 0.0730 e. The van der Waals surface area contributed by atoms with Gasteiger partial charge in [-0.25, -0.2) is 0 Å². The topological polar surface area (TPSA) is 35.2 Å². The van der Waals surface area contributed by atoms with Crippen molar-refractivity contribution in [2.75, 3.05) is 6.61 Å². The fourth-order valence-corrected chi connectivity index (χ4v) is 2.80. The van der Waals surface area contributed by atoms with Crippen molar-refractivity contribution in [3.8, 4) is 0 Å². The summed E-state index contributed by atoms with van der Waals surface area (Å²) in [5.74, 6) is 0. The van der Waals surface area contributed by atoms with Gasteiger partial charge in [0.2, 0.25) is 0 Å². The van der Waals surface area contributed by atoms with Crippen LogP contribution in [0.1, 0.15) is 18.4 Å². The maximum atomic E-state index is 6.28. The molecule has 1 heterocycles. The first-order valence-corrected chi connectivity index (χ1v) is 6.68. The number of rotatable bonds is 3. The van der Waals surface area contributed by atoms with Gasteiger partial charge in [0.25, 0.3) is 0 Å². The van der Waals surface area contributed by atoms with Crippen molar-refractivity contribution in [1.29, 1.82) is 0 Å². The average molecular weight is 241 g/mol. The number of benzene rings is 2. The zero-order chi connectivity index (χ0) is 12.4. The molecule has 0 spiro atoms. The first-order chi connectivity index (χ1) is 8.84. The van der Waals surface area contributed by atoms with E-state index in [4.69, 9.17) is 10.5 Å². The summed E-state index contributed by atoms with van der Waals surface area (Å²) >= 11 is 0. The van der Waals surface area contributed by atoms with E-state index < -0.39 is 0 Å². The Morgan fingerprint density at radius 3 is 2.83 bits per heavy atom. The van der Waals surface area contributed by atoms with Crippen LogP contribution in [0.15, 0.2) is 42.5 Å². The van der Waals surface area contributed by atoms with Crippen molar-refractivity contribution in [2.45, 2.75) is 31.4 Å². The van der Waals surface area contributed by atoms with Crippen molar-refractivity contribution in [2.24, 2.45) is 5.73 Å². The van der Waals surface area contributed by atoms with E-state index in [-0.39, 0.29) is 12.1 Å². The van der Waals surface area contributed by atoms with Gasteiger partial charge < -0.3 is 10.5 Å². The van der Waals surface area contributed by atoms with Gasteiger partial charge in [-0.1, -0.05) is 42.5 Å². The van der Waals surface area contributed by atoms with Crippen molar-refractivity contribution in [3.05, 3.63) is 48.0 Å². The number of nitrogens with two attached hydrogens (primary N) is 1. The standard InChI is InChI=1S/C16H19NO/c17-15(16-9-4-10-18-16)11-13-7-3-6-12-5-1-2-8-14(12)13/h1-3,5-8,15-16H,4,9-11,17H2. The van der Waals surface area contributed by atoms with Gasteiger partial charge in [-0.2, -0.15) is 0 Å². The molecule has 0 saturated carbocycles. The second kappa shape index (κ2) is 5.09. The fraction of sp³-hybridized carbons (Fsp3) is 0.375. The van der Waals surface area contributed by atoms with E-state index in [1.54, 1.807) is 0 Å². The van der Waals surface area contributed by atoms with E-state index in [0.717, 1.165) is 25.9 Å². The highest BCUT2D eigenvalue weighted by Gasteiger charge is 2.23. The number of fused-ring (bicyclic) bond motifs is 1. The van der Waals surface area contributed by atoms with Crippen LogP contribution >= 0.6 is 0 Å². The Morgan fingerprint density at radius 1 is 1.17 bits per heavy atom. The Labute approximate surface area is 108 Å². The molecule has 2 heteroatoms. The summed E-state index contributed by atoms with van der Waals surface area (Å²) in [6, 6.07) is 15.0. The molecule has 2 unspecified atom stereocenters. The lowest BCUT2D eigenvalue weighted by molar-refractivity contribution is 0.0901. The molecule has 2 atom stereocenters. The van der Waals surface area contributed by atoms with Gasteiger partial charge in [-0.15, -0.1) is 0 Å². The highest BCUT2D eigenvalue weighted by atomic mass is 16.5. The Kier molecular flexibility index (Phi) is 3.31. The minimum Gasteiger partial charge on any atom is -0.377 e. The molecule has 18 heavy (non-hydrogen) atoms. The highest BCUT2D eigenvalue weighted by molar-refractivity contribution is 5.85. The molecule has 1 saturated heterocycles. The Balaban J connectivity index is 1.85. The Morgan fingerprint density at radius 2 is 2.00 bits per heavy atom. The summed E-state index contributed by atoms with van der Waals surface area (Å²) in [6.07, 6.45) is 3.38. The molecule has 0 radical (unpaired) electrons. The van der Waals surface area contributed by atoms with Crippen LogP contribution in [0.2, 0.25) is 0 Å². The number of hydrogen-bond donors (Lipinski definition) is 1. The van der Waals surface area contributed by atoms with Gasteiger partial charge in [0.05, 0.1) is 6.10 Å². The molecule has 94 valence electrons. The molecular formula is C16H19NO. The van der Waals surface area contributed by atoms with Crippen LogP contribution in [-0.2, 0) is 11.2 Å². The van der Waals surface area contributed by atoms with Crippen LogP contribution in [0.25, 0.3) is 10.8 Å². The Bertz CT molecular complexity index is 526. The van der Waals surface area contributed by atoms with Gasteiger partial charge in [0, 0.05) is 12.6 Å². The lowest BCUT2D eigenvalue weighted by atomic mass is 9.96. The SMILES string of the molecule is NC(Cc1cccc2ccccc12)C1CCCO1. The molecule has 0 aliphatic carbocycles. The molecular weight excluding hydrogens is 222 g/mol. The molecule has 0 aromatic heterocycles. The van der Waals surface area contributed by atoms with Crippen LogP contribution in [0.4, 0.5) is 0 Å². The maximum absolute atomic E-state index is 6.28. The van der Waals surface area contributed by atoms with E-state index in [9.17, 15) is 0 Å². The quantitative estimate of drug-likeness (QED) is 0.896. The molecule has 1 aliphatic heterocycles. The molecule has 1 fully saturated rings. The molecule has 0 bridgehead atoms. The van der Waals surface area contributed by atoms with Gasteiger partial charge in [0.1, 0.15) is 0 Å². The largest absolute Gasteiger partial charge is 0.377 e. The van der Waals surface area contributed by atoms with Gasteiger partial charge in [0.15, 0.2) is 0 Å². The third-order valence-electron chi connectivity index (χ3n) is 3.78. The minimum absolute atomic E-state index is 0.110. The van der Waals surface area contributed by atoms with E-state index >= 15 is 0 Å². The second-order valence-corrected chi connectivity index (χ2v) is 5.06. The van der Waals surface area contributed by atoms with Crippen LogP contribution in [-0.4, -0.2) is 18.8 Å². The average Bonchev–Trinajstić information content (AvgIpc) is 2.93. The van der Waals surface area contributed by atoms with E-state index in [1.165, 1.54) is 16.3 Å². The lowest BCUT2D eigenvalue weighted by Gasteiger charge is -2.19. The monoisotopic (exact) mass is 241 g/mol. The molecule has 2 nitrogen and oxygen atoms in total. The number of hydrogen-bond acceptors (Lipinski definition) is 2. The first-order valence-electron chi connectivity index (χ1n) is 6.68. The summed E-state index contributed by atoms with van der Waals surface area (Å²) in [4.78, 5) is 0. The smallest absolute Gasteiger partial charge is 0.0730 e. The molecule has 1 aliphatic rings. The van der Waals surface area contributed by atoms with Crippen molar-refractivity contribution < 1.29 is 4.74 Å². The molecule has 3 rings (SSSR count). The second-order valence-electron chi connectivity index (χ2n) is 5.06. The minimum atomic E-state index is 0.110. The predicted molar refractivity (Wildman–Crippen MR) is 74.6 cm³/mol. The molecule has 2 aromatic carbocycles. The molecule has 2 N–H and O–H groups in total. The number of ether oxygens (including phenoxy) is 1. The fourth-order valence-electron chi connectivity index (χ4n) is 2.80. The third kappa shape index (κ3) is 2.26. The summed E-state index contributed by atoms with van der Waals surface area (Å²) in [7, 11) is 0. The van der Waals surface area contributed by atoms with Crippen LogP contribution in [0.5, 0.6) is 0 Å². The lowest BCUT2D eigenvalue weighted by Crippen LogP contribution is -2.36. The van der Waals surface area contributed by atoms with Crippen LogP contribution < -0.4 is 5.73 Å². The summed E-state index contributed by atoms with van der Waals surface area (Å²) in [5.41, 5.74) is 7.61. The van der Waals surface area contributed by atoms with Gasteiger partial charge in [-0.3, -0.25) is 0 Å². The normalized spacial score (nSPS) is 21.3. The molecule has 0 amide bonds. The summed E-state index contributed by atoms with van der Waals surface area (Å²) < 4.78 is 5.67. The van der Waals surface area contributed by atoms with E-state index in [2.05, 4.69) is 42.5 Å². The van der Waals surface area contributed by atoms with Crippen molar-refractivity contribution in [3.63, 3.8) is 0 Å². The highest BCUT2D eigenvalue weighted by Crippen LogP contribution is 2.22. The summed E-state index contributed by atoms with van der Waals surface area (Å²) in [6.45, 7) is 0.869. The van der Waals surface area contributed by atoms with E-state index in [1.807, 2.05) is 0 Å². The zero-order valence-electron chi connectivity index (χ0n) is 10.5. The van der Waals surface area contributed by atoms with Gasteiger partial charge in [-0.05, 0) is 35.6 Å². The van der Waals surface area contributed by atoms with Gasteiger partial charge >= 0.3 is 0 Å². The summed E-state index contributed by atoms with van der Waals surface area (Å²) in [5, 5.41) is 2.60. The van der Waals surface area contributed by atoms with Crippen LogP contribution in [0.3, 0.4) is 0 Å². The van der Waals surface area contributed by atoms with Crippen molar-refractivity contribution >= 4 is 10.8 Å². The Hall–Kier alpha value is -1.38. The first kappa shape index (κ1) is 11.7. The zero-order valence-corrected chi connectivity index (χ0v) is 10.5. The third-order valence-corrected chi connectivity index (χ3v) is 3.78. The van der Waals surface area contributed by atoms with Crippen molar-refractivity contribution in [1.82, 2.24) is 0 Å². The van der Waals surface area contributed by atoms with E-state index in [0.29, 0.717) is 0 Å². The van der Waals surface area contributed by atoms with Crippen LogP contribution in [0, 0.1) is 0 Å².